The van der Waals surface area contributed by atoms with Gasteiger partial charge in [0.2, 0.25) is 0 Å². The molecule has 1 saturated heterocycles. The minimum absolute atomic E-state index is 0.147. The largest absolute Gasteiger partial charge is 0.339 e. The Morgan fingerprint density at radius 2 is 2.08 bits per heavy atom. The van der Waals surface area contributed by atoms with Crippen molar-refractivity contribution in [2.45, 2.75) is 25.7 Å². The van der Waals surface area contributed by atoms with Crippen LogP contribution in [0.25, 0.3) is 10.4 Å². The van der Waals surface area contributed by atoms with E-state index in [-0.39, 0.29) is 5.91 Å². The summed E-state index contributed by atoms with van der Waals surface area (Å²) in [5, 5.41) is 8.75. The number of rotatable bonds is 3. The number of likely N-dealkylation sites (tertiary alicyclic amines) is 1. The van der Waals surface area contributed by atoms with Gasteiger partial charge in [0.05, 0.1) is 11.8 Å². The van der Waals surface area contributed by atoms with Gasteiger partial charge in [0.1, 0.15) is 0 Å². The predicted octanol–water partition coefficient (Wildman–Crippen LogP) is 4.47. The van der Waals surface area contributed by atoms with E-state index >= 15 is 0 Å². The highest BCUT2D eigenvalue weighted by Crippen LogP contribution is 2.32. The van der Waals surface area contributed by atoms with E-state index in [1.165, 1.54) is 11.1 Å². The Labute approximate surface area is 151 Å². The Bertz CT molecular complexity index is 861. The molecule has 0 bridgehead atoms. The normalized spacial score (nSPS) is 15.5. The van der Waals surface area contributed by atoms with Crippen LogP contribution in [-0.2, 0) is 0 Å². The molecule has 5 heteroatoms. The number of nitrogens with one attached hydrogen (secondary N) is 1. The van der Waals surface area contributed by atoms with Crippen LogP contribution in [0.4, 0.5) is 0 Å². The number of thiophene rings is 1. The SMILES string of the molecule is Cc1ccccc1C1CCN(C(=O)c2csc(-c3cn[nH]c3)c2)CC1. The Morgan fingerprint density at radius 1 is 1.28 bits per heavy atom. The van der Waals surface area contributed by atoms with Crippen LogP contribution in [0.2, 0.25) is 0 Å². The van der Waals surface area contributed by atoms with Gasteiger partial charge in [0, 0.05) is 35.1 Å². The molecule has 0 atom stereocenters. The number of carbonyl (C=O) groups excluding carboxylic acids is 1. The molecule has 3 aromatic rings. The molecular formula is C20H21N3OS. The van der Waals surface area contributed by atoms with Crippen molar-refractivity contribution in [3.05, 3.63) is 64.8 Å². The van der Waals surface area contributed by atoms with Gasteiger partial charge in [0.15, 0.2) is 0 Å². The summed E-state index contributed by atoms with van der Waals surface area (Å²) in [6.45, 7) is 3.83. The van der Waals surface area contributed by atoms with E-state index in [1.54, 1.807) is 17.5 Å². The number of amides is 1. The molecule has 2 aromatic heterocycles. The van der Waals surface area contributed by atoms with Crippen LogP contribution in [0.1, 0.15) is 40.2 Å². The van der Waals surface area contributed by atoms with E-state index in [0.29, 0.717) is 5.92 Å². The second-order valence-corrected chi connectivity index (χ2v) is 7.52. The molecule has 4 rings (SSSR count). The van der Waals surface area contributed by atoms with E-state index in [9.17, 15) is 4.79 Å². The number of benzene rings is 1. The van der Waals surface area contributed by atoms with Gasteiger partial charge in [-0.3, -0.25) is 9.89 Å². The third kappa shape index (κ3) is 3.24. The molecule has 128 valence electrons. The van der Waals surface area contributed by atoms with Crippen LogP contribution in [0.5, 0.6) is 0 Å². The fourth-order valence-electron chi connectivity index (χ4n) is 3.61. The maximum atomic E-state index is 12.8. The van der Waals surface area contributed by atoms with Crippen LogP contribution in [0.15, 0.2) is 48.1 Å². The summed E-state index contributed by atoms with van der Waals surface area (Å²) in [5.74, 6) is 0.712. The van der Waals surface area contributed by atoms with Crippen molar-refractivity contribution in [3.8, 4) is 10.4 Å². The summed E-state index contributed by atoms with van der Waals surface area (Å²) in [6.07, 6.45) is 5.71. The summed E-state index contributed by atoms with van der Waals surface area (Å²) in [4.78, 5) is 15.9. The lowest BCUT2D eigenvalue weighted by Crippen LogP contribution is -2.37. The maximum absolute atomic E-state index is 12.8. The van der Waals surface area contributed by atoms with Gasteiger partial charge in [-0.05, 0) is 42.9 Å². The third-order valence-corrected chi connectivity index (χ3v) is 6.02. The Morgan fingerprint density at radius 3 is 2.80 bits per heavy atom. The van der Waals surface area contributed by atoms with Gasteiger partial charge in [-0.1, -0.05) is 24.3 Å². The molecule has 0 aliphatic carbocycles. The third-order valence-electron chi connectivity index (χ3n) is 5.04. The average Bonchev–Trinajstić information content (AvgIpc) is 3.33. The van der Waals surface area contributed by atoms with E-state index in [4.69, 9.17) is 0 Å². The van der Waals surface area contributed by atoms with Crippen molar-refractivity contribution in [3.63, 3.8) is 0 Å². The second-order valence-electron chi connectivity index (χ2n) is 6.61. The van der Waals surface area contributed by atoms with Gasteiger partial charge in [-0.25, -0.2) is 0 Å². The Kier molecular flexibility index (Phi) is 4.40. The summed E-state index contributed by atoms with van der Waals surface area (Å²) in [6, 6.07) is 10.6. The number of aromatic amines is 1. The maximum Gasteiger partial charge on any atom is 0.254 e. The van der Waals surface area contributed by atoms with Crippen LogP contribution in [-0.4, -0.2) is 34.1 Å². The van der Waals surface area contributed by atoms with Crippen LogP contribution < -0.4 is 0 Å². The number of piperidine rings is 1. The number of hydrogen-bond donors (Lipinski definition) is 1. The van der Waals surface area contributed by atoms with Crippen LogP contribution in [0.3, 0.4) is 0 Å². The molecule has 1 aliphatic heterocycles. The average molecular weight is 351 g/mol. The number of aryl methyl sites for hydroxylation is 1. The number of H-pyrrole nitrogens is 1. The van der Waals surface area contributed by atoms with Gasteiger partial charge in [-0.15, -0.1) is 11.3 Å². The summed E-state index contributed by atoms with van der Waals surface area (Å²) in [5.41, 5.74) is 4.61. The van der Waals surface area contributed by atoms with Crippen molar-refractivity contribution >= 4 is 17.2 Å². The van der Waals surface area contributed by atoms with Crippen molar-refractivity contribution in [1.82, 2.24) is 15.1 Å². The molecule has 1 aromatic carbocycles. The smallest absolute Gasteiger partial charge is 0.254 e. The van der Waals surface area contributed by atoms with Crippen molar-refractivity contribution < 1.29 is 4.79 Å². The first kappa shape index (κ1) is 16.1. The topological polar surface area (TPSA) is 49.0 Å². The molecule has 1 N–H and O–H groups in total. The van der Waals surface area contributed by atoms with Crippen LogP contribution in [0, 0.1) is 6.92 Å². The monoisotopic (exact) mass is 351 g/mol. The molecule has 0 radical (unpaired) electrons. The molecule has 0 spiro atoms. The lowest BCUT2D eigenvalue weighted by Gasteiger charge is -2.32. The first-order chi connectivity index (χ1) is 12.2. The highest BCUT2D eigenvalue weighted by atomic mass is 32.1. The van der Waals surface area contributed by atoms with E-state index < -0.39 is 0 Å². The van der Waals surface area contributed by atoms with Crippen LogP contribution >= 0.6 is 11.3 Å². The number of nitrogens with zero attached hydrogens (tertiary/aromatic N) is 2. The minimum atomic E-state index is 0.147. The number of carbonyl (C=O) groups is 1. The zero-order valence-electron chi connectivity index (χ0n) is 14.2. The Hall–Kier alpha value is -2.40. The number of hydrogen-bond acceptors (Lipinski definition) is 3. The standard InChI is InChI=1S/C20H21N3OS/c1-14-4-2-3-5-18(14)15-6-8-23(9-7-15)20(24)16-10-19(25-13-16)17-11-21-22-12-17/h2-5,10-13,15H,6-9H2,1H3,(H,21,22). The molecule has 1 amide bonds. The van der Waals surface area contributed by atoms with E-state index in [2.05, 4.69) is 41.4 Å². The molecule has 1 fully saturated rings. The van der Waals surface area contributed by atoms with Crippen molar-refractivity contribution in [2.75, 3.05) is 13.1 Å². The summed E-state index contributed by atoms with van der Waals surface area (Å²) < 4.78 is 0. The highest BCUT2D eigenvalue weighted by molar-refractivity contribution is 7.13. The van der Waals surface area contributed by atoms with Gasteiger partial charge < -0.3 is 4.90 Å². The van der Waals surface area contributed by atoms with Gasteiger partial charge >= 0.3 is 0 Å². The van der Waals surface area contributed by atoms with Crippen molar-refractivity contribution in [2.24, 2.45) is 0 Å². The fraction of sp³-hybridized carbons (Fsp3) is 0.300. The molecule has 0 saturated carbocycles. The number of aromatic nitrogens is 2. The summed E-state index contributed by atoms with van der Waals surface area (Å²) in [7, 11) is 0. The molecule has 3 heterocycles. The second kappa shape index (κ2) is 6.84. The van der Waals surface area contributed by atoms with Gasteiger partial charge in [-0.2, -0.15) is 5.10 Å². The zero-order chi connectivity index (χ0) is 17.2. The summed E-state index contributed by atoms with van der Waals surface area (Å²) >= 11 is 1.59. The zero-order valence-corrected chi connectivity index (χ0v) is 15.1. The molecule has 1 aliphatic rings. The van der Waals surface area contributed by atoms with E-state index in [0.717, 1.165) is 41.9 Å². The van der Waals surface area contributed by atoms with Crippen molar-refractivity contribution in [1.29, 1.82) is 0 Å². The molecular weight excluding hydrogens is 330 g/mol. The molecule has 25 heavy (non-hydrogen) atoms. The fourth-order valence-corrected chi connectivity index (χ4v) is 4.47. The lowest BCUT2D eigenvalue weighted by atomic mass is 9.87. The Balaban J connectivity index is 1.42. The quantitative estimate of drug-likeness (QED) is 0.757. The molecule has 0 unspecified atom stereocenters. The lowest BCUT2D eigenvalue weighted by molar-refractivity contribution is 0.0713. The first-order valence-electron chi connectivity index (χ1n) is 8.65. The minimum Gasteiger partial charge on any atom is -0.339 e. The van der Waals surface area contributed by atoms with E-state index in [1.807, 2.05) is 22.5 Å². The molecule has 4 nitrogen and oxygen atoms in total. The highest BCUT2D eigenvalue weighted by Gasteiger charge is 2.25. The van der Waals surface area contributed by atoms with Gasteiger partial charge in [0.25, 0.3) is 5.91 Å². The predicted molar refractivity (Wildman–Crippen MR) is 101 cm³/mol. The first-order valence-corrected chi connectivity index (χ1v) is 9.53.